The van der Waals surface area contributed by atoms with Gasteiger partial charge in [-0.2, -0.15) is 0 Å². The standard InChI is InChI=1S/C18H19N5O/c1-22-6-4-13-11-23(7-5-15(13)18(22)24)17-3-2-12-10-20-14(9-19)8-16(12)21-17/h2-4,6,8,10H,5,7,9,11,19H2,1H3. The number of fused-ring (bicyclic) bond motifs is 2. The number of aromatic nitrogens is 3. The number of rotatable bonds is 2. The third-order valence-electron chi connectivity index (χ3n) is 4.61. The van der Waals surface area contributed by atoms with E-state index in [2.05, 4.69) is 9.88 Å². The van der Waals surface area contributed by atoms with E-state index in [0.29, 0.717) is 13.1 Å². The van der Waals surface area contributed by atoms with Crippen LogP contribution in [0.15, 0.2) is 41.5 Å². The van der Waals surface area contributed by atoms with Gasteiger partial charge in [-0.05, 0) is 36.2 Å². The molecule has 122 valence electrons. The molecule has 3 aromatic heterocycles. The van der Waals surface area contributed by atoms with Crippen LogP contribution in [0.2, 0.25) is 0 Å². The van der Waals surface area contributed by atoms with Crippen LogP contribution in [0.3, 0.4) is 0 Å². The van der Waals surface area contributed by atoms with Crippen molar-refractivity contribution < 1.29 is 0 Å². The summed E-state index contributed by atoms with van der Waals surface area (Å²) in [4.78, 5) is 23.5. The van der Waals surface area contributed by atoms with E-state index in [4.69, 9.17) is 10.7 Å². The fraction of sp³-hybridized carbons (Fsp3) is 0.278. The van der Waals surface area contributed by atoms with Crippen molar-refractivity contribution >= 4 is 16.7 Å². The summed E-state index contributed by atoms with van der Waals surface area (Å²) in [7, 11) is 1.79. The molecule has 0 atom stereocenters. The number of hydrogen-bond donors (Lipinski definition) is 1. The van der Waals surface area contributed by atoms with Crippen LogP contribution in [0.25, 0.3) is 10.9 Å². The van der Waals surface area contributed by atoms with Gasteiger partial charge in [-0.3, -0.25) is 9.78 Å². The minimum absolute atomic E-state index is 0.109. The third kappa shape index (κ3) is 2.45. The zero-order valence-electron chi connectivity index (χ0n) is 13.6. The highest BCUT2D eigenvalue weighted by atomic mass is 16.1. The molecule has 4 rings (SSSR count). The third-order valence-corrected chi connectivity index (χ3v) is 4.61. The number of pyridine rings is 3. The van der Waals surface area contributed by atoms with Gasteiger partial charge >= 0.3 is 0 Å². The van der Waals surface area contributed by atoms with Crippen LogP contribution in [0.1, 0.15) is 16.8 Å². The zero-order valence-corrected chi connectivity index (χ0v) is 13.6. The Kier molecular flexibility index (Phi) is 3.54. The van der Waals surface area contributed by atoms with Gasteiger partial charge in [0.15, 0.2) is 0 Å². The molecule has 1 aliphatic heterocycles. The molecule has 0 unspecified atom stereocenters. The van der Waals surface area contributed by atoms with E-state index < -0.39 is 0 Å². The molecular formula is C18H19N5O. The maximum atomic E-state index is 12.2. The molecule has 0 saturated heterocycles. The number of aryl methyl sites for hydroxylation is 1. The monoisotopic (exact) mass is 321 g/mol. The summed E-state index contributed by atoms with van der Waals surface area (Å²) >= 11 is 0. The molecule has 0 radical (unpaired) electrons. The molecule has 3 aromatic rings. The average Bonchev–Trinajstić information content (AvgIpc) is 2.63. The minimum Gasteiger partial charge on any atom is -0.352 e. The Morgan fingerprint density at radius 2 is 2.17 bits per heavy atom. The fourth-order valence-corrected chi connectivity index (χ4v) is 3.20. The highest BCUT2D eigenvalue weighted by Gasteiger charge is 2.20. The molecular weight excluding hydrogens is 302 g/mol. The normalized spacial score (nSPS) is 14.0. The van der Waals surface area contributed by atoms with Crippen LogP contribution in [-0.2, 0) is 26.6 Å². The number of nitrogens with zero attached hydrogens (tertiary/aromatic N) is 4. The summed E-state index contributed by atoms with van der Waals surface area (Å²) in [6, 6.07) is 8.01. The van der Waals surface area contributed by atoms with Crippen molar-refractivity contribution in [1.82, 2.24) is 14.5 Å². The molecule has 2 N–H and O–H groups in total. The number of anilines is 1. The van der Waals surface area contributed by atoms with Crippen LogP contribution >= 0.6 is 0 Å². The molecule has 0 aliphatic carbocycles. The van der Waals surface area contributed by atoms with Gasteiger partial charge in [0.1, 0.15) is 5.82 Å². The van der Waals surface area contributed by atoms with Crippen molar-refractivity contribution in [3.8, 4) is 0 Å². The summed E-state index contributed by atoms with van der Waals surface area (Å²) < 4.78 is 1.64. The van der Waals surface area contributed by atoms with Gasteiger partial charge in [0.05, 0.1) is 11.2 Å². The average molecular weight is 321 g/mol. The van der Waals surface area contributed by atoms with Crippen LogP contribution in [0, 0.1) is 0 Å². The van der Waals surface area contributed by atoms with Crippen LogP contribution in [0.5, 0.6) is 0 Å². The molecule has 0 bridgehead atoms. The van der Waals surface area contributed by atoms with E-state index in [1.54, 1.807) is 11.6 Å². The smallest absolute Gasteiger partial charge is 0.253 e. The quantitative estimate of drug-likeness (QED) is 0.771. The Bertz CT molecular complexity index is 979. The van der Waals surface area contributed by atoms with Crippen LogP contribution in [0.4, 0.5) is 5.82 Å². The Labute approximate surface area is 139 Å². The van der Waals surface area contributed by atoms with E-state index >= 15 is 0 Å². The van der Waals surface area contributed by atoms with Gasteiger partial charge in [0.2, 0.25) is 0 Å². The summed E-state index contributed by atoms with van der Waals surface area (Å²) in [6.07, 6.45) is 4.38. The van der Waals surface area contributed by atoms with E-state index in [0.717, 1.165) is 46.5 Å². The topological polar surface area (TPSA) is 77.0 Å². The molecule has 1 aliphatic rings. The number of hydrogen-bond acceptors (Lipinski definition) is 5. The highest BCUT2D eigenvalue weighted by Crippen LogP contribution is 2.23. The Hall–Kier alpha value is -2.73. The molecule has 0 spiro atoms. The maximum Gasteiger partial charge on any atom is 0.253 e. The predicted octanol–water partition coefficient (Wildman–Crippen LogP) is 1.35. The lowest BCUT2D eigenvalue weighted by atomic mass is 10.0. The molecule has 0 saturated carbocycles. The van der Waals surface area contributed by atoms with Crippen molar-refractivity contribution in [2.45, 2.75) is 19.5 Å². The second-order valence-corrected chi connectivity index (χ2v) is 6.15. The largest absolute Gasteiger partial charge is 0.352 e. The first-order chi connectivity index (χ1) is 11.7. The Morgan fingerprint density at radius 1 is 1.29 bits per heavy atom. The van der Waals surface area contributed by atoms with Gasteiger partial charge < -0.3 is 15.2 Å². The van der Waals surface area contributed by atoms with Crippen molar-refractivity contribution in [2.24, 2.45) is 12.8 Å². The fourth-order valence-electron chi connectivity index (χ4n) is 3.20. The van der Waals surface area contributed by atoms with E-state index in [-0.39, 0.29) is 5.56 Å². The van der Waals surface area contributed by atoms with Crippen molar-refractivity contribution in [1.29, 1.82) is 0 Å². The molecule has 0 amide bonds. The number of nitrogens with two attached hydrogens (primary N) is 1. The van der Waals surface area contributed by atoms with Gasteiger partial charge in [-0.25, -0.2) is 4.98 Å². The lowest BCUT2D eigenvalue weighted by molar-refractivity contribution is 0.695. The lowest BCUT2D eigenvalue weighted by Gasteiger charge is -2.29. The van der Waals surface area contributed by atoms with Crippen molar-refractivity contribution in [2.75, 3.05) is 11.4 Å². The first-order valence-corrected chi connectivity index (χ1v) is 8.04. The first kappa shape index (κ1) is 14.8. The molecule has 0 aromatic carbocycles. The summed E-state index contributed by atoms with van der Waals surface area (Å²) in [5.74, 6) is 0.919. The van der Waals surface area contributed by atoms with Crippen molar-refractivity contribution in [3.63, 3.8) is 0 Å². The van der Waals surface area contributed by atoms with Gasteiger partial charge in [0, 0.05) is 50.0 Å². The zero-order chi connectivity index (χ0) is 16.7. The second kappa shape index (κ2) is 5.72. The Morgan fingerprint density at radius 3 is 3.00 bits per heavy atom. The van der Waals surface area contributed by atoms with E-state index in [9.17, 15) is 4.79 Å². The van der Waals surface area contributed by atoms with Gasteiger partial charge in [0.25, 0.3) is 5.56 Å². The molecule has 6 nitrogen and oxygen atoms in total. The van der Waals surface area contributed by atoms with Crippen LogP contribution in [-0.4, -0.2) is 21.1 Å². The minimum atomic E-state index is 0.109. The first-order valence-electron chi connectivity index (χ1n) is 8.04. The van der Waals surface area contributed by atoms with Gasteiger partial charge in [-0.1, -0.05) is 0 Å². The lowest BCUT2D eigenvalue weighted by Crippen LogP contribution is -2.36. The summed E-state index contributed by atoms with van der Waals surface area (Å²) in [6.45, 7) is 1.90. The Balaban J connectivity index is 1.70. The SMILES string of the molecule is Cn1ccc2c(c1=O)CCN(c1ccc3cnc(CN)cc3n1)C2. The molecule has 4 heterocycles. The molecule has 0 fully saturated rings. The van der Waals surface area contributed by atoms with E-state index in [1.165, 1.54) is 0 Å². The molecule has 24 heavy (non-hydrogen) atoms. The van der Waals surface area contributed by atoms with E-state index in [1.807, 2.05) is 36.7 Å². The predicted molar refractivity (Wildman–Crippen MR) is 93.9 cm³/mol. The molecule has 6 heteroatoms. The summed E-state index contributed by atoms with van der Waals surface area (Å²) in [5.41, 5.74) is 9.52. The van der Waals surface area contributed by atoms with Crippen LogP contribution < -0.4 is 16.2 Å². The van der Waals surface area contributed by atoms with Gasteiger partial charge in [-0.15, -0.1) is 0 Å². The highest BCUT2D eigenvalue weighted by molar-refractivity contribution is 5.79. The van der Waals surface area contributed by atoms with Crippen molar-refractivity contribution in [3.05, 3.63) is 63.8 Å². The second-order valence-electron chi connectivity index (χ2n) is 6.15. The maximum absolute atomic E-state index is 12.2. The summed E-state index contributed by atoms with van der Waals surface area (Å²) in [5, 5.41) is 1.00.